The molecule has 0 spiro atoms. The Morgan fingerprint density at radius 1 is 0.982 bits per heavy atom. The summed E-state index contributed by atoms with van der Waals surface area (Å²) in [5.41, 5.74) is 1.33. The van der Waals surface area contributed by atoms with Gasteiger partial charge in [-0.2, -0.15) is 0 Å². The zero-order chi connectivity index (χ0) is 39.2. The summed E-state index contributed by atoms with van der Waals surface area (Å²) >= 11 is 0. The topological polar surface area (TPSA) is 173 Å². The van der Waals surface area contributed by atoms with E-state index in [4.69, 9.17) is 9.47 Å². The minimum atomic E-state index is -0.999. The third kappa shape index (κ3) is 8.67. The van der Waals surface area contributed by atoms with Gasteiger partial charge >= 0.3 is 12.1 Å². The Kier molecular flexibility index (Phi) is 11.9. The molecule has 12 heteroatoms. The van der Waals surface area contributed by atoms with E-state index >= 15 is 0 Å². The van der Waals surface area contributed by atoms with Crippen molar-refractivity contribution in [3.8, 4) is 11.5 Å². The number of pyridine rings is 1. The number of hydrogen-bond acceptors (Lipinski definition) is 9. The maximum Gasteiger partial charge on any atom is 0.408 e. The summed E-state index contributed by atoms with van der Waals surface area (Å²) in [5.74, 6) is -0.890. The number of aromatic hydroxyl groups is 1. The molecule has 12 nitrogen and oxygen atoms in total. The van der Waals surface area contributed by atoms with E-state index in [0.717, 1.165) is 50.0 Å². The smallest absolute Gasteiger partial charge is 0.408 e. The number of carboxylic acids is 1. The molecular weight excluding hydrogens is 713 g/mol. The number of phenolic OH excluding ortho intramolecular Hbond substituents is 1. The summed E-state index contributed by atoms with van der Waals surface area (Å²) in [7, 11) is 0. The van der Waals surface area contributed by atoms with E-state index in [1.54, 1.807) is 24.3 Å². The number of hydrogen-bond donors (Lipinski definition) is 6. The van der Waals surface area contributed by atoms with Gasteiger partial charge in [-0.15, -0.1) is 0 Å². The Morgan fingerprint density at radius 2 is 1.73 bits per heavy atom. The highest BCUT2D eigenvalue weighted by atomic mass is 16.6. The number of aliphatic hydroxyl groups excluding tert-OH is 1. The van der Waals surface area contributed by atoms with Crippen molar-refractivity contribution in [1.29, 1.82) is 0 Å². The molecule has 3 aliphatic heterocycles. The van der Waals surface area contributed by atoms with Crippen molar-refractivity contribution >= 4 is 23.0 Å². The fourth-order valence-corrected chi connectivity index (χ4v) is 8.37. The summed E-state index contributed by atoms with van der Waals surface area (Å²) < 4.78 is 12.6. The lowest BCUT2D eigenvalue weighted by atomic mass is 9.74. The first-order valence-corrected chi connectivity index (χ1v) is 19.5. The molecule has 4 heterocycles. The van der Waals surface area contributed by atoms with Gasteiger partial charge in [0.05, 0.1) is 29.0 Å². The zero-order valence-corrected chi connectivity index (χ0v) is 31.5. The van der Waals surface area contributed by atoms with Crippen LogP contribution in [0.5, 0.6) is 11.5 Å². The predicted molar refractivity (Wildman–Crippen MR) is 213 cm³/mol. The van der Waals surface area contributed by atoms with Crippen LogP contribution in [-0.2, 0) is 9.53 Å². The number of fused-ring (bicyclic) bond motifs is 4. The van der Waals surface area contributed by atoms with Crippen LogP contribution >= 0.6 is 0 Å². The number of benzene rings is 3. The van der Waals surface area contributed by atoms with E-state index in [1.807, 2.05) is 66.7 Å². The number of phenols is 1. The standard InChI is InChI=1S/C44H50N4O8/c1-2-7-38(45-25-36(50)33-12-14-35(49)41-34(33)13-15-39(51)46-41)44(20-16-30(17-21-44)42(52)53)27-55-32-11-6-10-31(24-32)40(29-8-4-3-5-9-29)47-43(54)56-37-26-48-22-18-28(37)19-23-48/h3-6,8-17,20-21,24,28,30,36-38,40,45,49-50H,2,7,18-19,22-23,25-27H2,1H3,(H,46,51)(H,47,54)(H,52,53)/t30?,36-,37-,38?,40?,44?/m0/s1. The molecule has 4 atom stereocenters. The molecule has 2 bridgehead atoms. The van der Waals surface area contributed by atoms with Crippen LogP contribution in [-0.4, -0.2) is 82.2 Å². The molecule has 3 aromatic carbocycles. The SMILES string of the molecule is CCCC(NC[C@H](O)c1ccc(O)c2[nH]c(=O)ccc12)C1(COc2cccc(C(NC(=O)O[C@H]3CN4CCC3CC4)c3ccccc3)c2)C=CC(C(=O)O)C=C1. The lowest BCUT2D eigenvalue weighted by Crippen LogP contribution is -2.52. The summed E-state index contributed by atoms with van der Waals surface area (Å²) in [4.78, 5) is 42.3. The number of aromatic nitrogens is 1. The summed E-state index contributed by atoms with van der Waals surface area (Å²) in [6.07, 6.45) is 9.06. The van der Waals surface area contributed by atoms with Crippen molar-refractivity contribution in [2.24, 2.45) is 17.3 Å². The number of aromatic amines is 1. The van der Waals surface area contributed by atoms with Gasteiger partial charge in [0, 0.05) is 30.6 Å². The second-order valence-electron chi connectivity index (χ2n) is 15.2. The number of nitrogens with zero attached hydrogens (tertiary/aromatic N) is 1. The largest absolute Gasteiger partial charge is 0.506 e. The quantitative estimate of drug-likeness (QED) is 0.0810. The molecule has 4 aromatic rings. The molecule has 1 aromatic heterocycles. The van der Waals surface area contributed by atoms with Gasteiger partial charge in [-0.05, 0) is 79.2 Å². The molecule has 294 valence electrons. The number of nitrogens with one attached hydrogen (secondary N) is 3. The van der Waals surface area contributed by atoms with Crippen LogP contribution in [0.3, 0.4) is 0 Å². The van der Waals surface area contributed by atoms with E-state index in [1.165, 1.54) is 12.1 Å². The molecule has 6 N–H and O–H groups in total. The molecule has 8 rings (SSSR count). The van der Waals surface area contributed by atoms with Crippen molar-refractivity contribution in [1.82, 2.24) is 20.5 Å². The van der Waals surface area contributed by atoms with Crippen LogP contribution in [0.2, 0.25) is 0 Å². The predicted octanol–water partition coefficient (Wildman–Crippen LogP) is 5.83. The lowest BCUT2D eigenvalue weighted by molar-refractivity contribution is -0.138. The number of aliphatic hydroxyl groups is 1. The first-order valence-electron chi connectivity index (χ1n) is 19.5. The fraction of sp³-hybridized carbons (Fsp3) is 0.386. The van der Waals surface area contributed by atoms with E-state index in [9.17, 15) is 29.7 Å². The molecule has 0 radical (unpaired) electrons. The van der Waals surface area contributed by atoms with Gasteiger partial charge in [-0.3, -0.25) is 14.5 Å². The molecule has 3 fully saturated rings. The minimum Gasteiger partial charge on any atom is -0.506 e. The third-order valence-corrected chi connectivity index (χ3v) is 11.5. The van der Waals surface area contributed by atoms with Crippen LogP contribution in [0.4, 0.5) is 4.79 Å². The first kappa shape index (κ1) is 38.8. The second kappa shape index (κ2) is 17.2. The van der Waals surface area contributed by atoms with Gasteiger partial charge < -0.3 is 40.4 Å². The summed E-state index contributed by atoms with van der Waals surface area (Å²) in [5, 5.41) is 38.8. The summed E-state index contributed by atoms with van der Waals surface area (Å²) in [6.45, 7) is 5.20. The van der Waals surface area contributed by atoms with E-state index < -0.39 is 35.5 Å². The number of piperidine rings is 3. The maximum absolute atomic E-state index is 13.4. The van der Waals surface area contributed by atoms with Gasteiger partial charge in [0.15, 0.2) is 0 Å². The number of amides is 1. The Balaban J connectivity index is 1.11. The van der Waals surface area contributed by atoms with Crippen LogP contribution in [0.1, 0.15) is 61.4 Å². The van der Waals surface area contributed by atoms with Crippen LogP contribution < -0.4 is 20.9 Å². The van der Waals surface area contributed by atoms with Crippen molar-refractivity contribution in [2.75, 3.05) is 32.8 Å². The fourth-order valence-electron chi connectivity index (χ4n) is 8.37. The molecule has 1 amide bonds. The summed E-state index contributed by atoms with van der Waals surface area (Å²) in [6, 6.07) is 22.5. The number of carbonyl (C=O) groups is 2. The molecule has 1 aliphatic carbocycles. The van der Waals surface area contributed by atoms with Gasteiger partial charge in [0.25, 0.3) is 0 Å². The number of aliphatic carboxylic acids is 1. The molecule has 0 saturated carbocycles. The number of carbonyl (C=O) groups excluding carboxylic acids is 1. The average molecular weight is 763 g/mol. The van der Waals surface area contributed by atoms with Crippen molar-refractivity contribution in [3.05, 3.63) is 130 Å². The van der Waals surface area contributed by atoms with Gasteiger partial charge in [0.1, 0.15) is 24.2 Å². The molecule has 2 unspecified atom stereocenters. The Hall–Kier alpha value is -5.43. The number of alkyl carbamates (subject to hydrolysis) is 1. The molecule has 4 aliphatic rings. The molecular formula is C44H50N4O8. The first-order chi connectivity index (χ1) is 27.1. The number of rotatable bonds is 15. The van der Waals surface area contributed by atoms with Gasteiger partial charge in [-0.25, -0.2) is 4.79 Å². The lowest BCUT2D eigenvalue weighted by Gasteiger charge is -2.43. The monoisotopic (exact) mass is 762 g/mol. The van der Waals surface area contributed by atoms with Crippen molar-refractivity contribution < 1.29 is 34.4 Å². The maximum atomic E-state index is 13.4. The third-order valence-electron chi connectivity index (χ3n) is 11.5. The highest BCUT2D eigenvalue weighted by molar-refractivity contribution is 5.87. The average Bonchev–Trinajstić information content (AvgIpc) is 3.22. The van der Waals surface area contributed by atoms with Crippen LogP contribution in [0, 0.1) is 17.3 Å². The highest BCUT2D eigenvalue weighted by Crippen LogP contribution is 2.37. The second-order valence-corrected chi connectivity index (χ2v) is 15.2. The number of H-pyrrole nitrogens is 1. The minimum absolute atomic E-state index is 0.0913. The van der Waals surface area contributed by atoms with Crippen molar-refractivity contribution in [2.45, 2.75) is 56.9 Å². The molecule has 3 saturated heterocycles. The Morgan fingerprint density at radius 3 is 2.43 bits per heavy atom. The van der Waals surface area contributed by atoms with Crippen LogP contribution in [0.25, 0.3) is 10.9 Å². The van der Waals surface area contributed by atoms with E-state index in [-0.39, 0.29) is 42.1 Å². The Labute approximate surface area is 325 Å². The molecule has 56 heavy (non-hydrogen) atoms. The number of carboxylic acid groups (broad SMARTS) is 1. The zero-order valence-electron chi connectivity index (χ0n) is 31.5. The number of ether oxygens (including phenoxy) is 2. The van der Waals surface area contributed by atoms with Crippen molar-refractivity contribution in [3.63, 3.8) is 0 Å². The normalized spacial score (nSPS) is 24.3. The van der Waals surface area contributed by atoms with Gasteiger partial charge in [-0.1, -0.05) is 86.2 Å². The van der Waals surface area contributed by atoms with E-state index in [0.29, 0.717) is 29.0 Å². The highest BCUT2D eigenvalue weighted by Gasteiger charge is 2.39. The Bertz CT molecular complexity index is 2110. The van der Waals surface area contributed by atoms with Crippen LogP contribution in [0.15, 0.2) is 108 Å². The van der Waals surface area contributed by atoms with Gasteiger partial charge in [0.2, 0.25) is 5.56 Å². The van der Waals surface area contributed by atoms with E-state index in [2.05, 4.69) is 27.4 Å².